The molecule has 1 unspecified atom stereocenters. The Kier molecular flexibility index (Phi) is 2.08. The molecule has 0 saturated heterocycles. The zero-order chi connectivity index (χ0) is 10.3. The molecule has 74 valence electrons. The molecule has 1 aromatic heterocycles. The van der Waals surface area contributed by atoms with Crippen LogP contribution in [0.3, 0.4) is 0 Å². The minimum atomic E-state index is -0.540. The molecule has 1 atom stereocenters. The standard InChI is InChI=1S/C12H14O2/c1-7-4-5-10-6-11(9(3)13)14-12(10)8(7)2/h4-6,9,13H,1-3H3. The van der Waals surface area contributed by atoms with Gasteiger partial charge in [0, 0.05) is 5.39 Å². The summed E-state index contributed by atoms with van der Waals surface area (Å²) in [6.07, 6.45) is -0.540. The lowest BCUT2D eigenvalue weighted by Crippen LogP contribution is -1.85. The summed E-state index contributed by atoms with van der Waals surface area (Å²) in [5.74, 6) is 0.633. The molecule has 0 saturated carbocycles. The quantitative estimate of drug-likeness (QED) is 0.749. The van der Waals surface area contributed by atoms with Gasteiger partial charge < -0.3 is 9.52 Å². The van der Waals surface area contributed by atoms with E-state index < -0.39 is 6.10 Å². The van der Waals surface area contributed by atoms with E-state index in [-0.39, 0.29) is 0 Å². The number of fused-ring (bicyclic) bond motifs is 1. The van der Waals surface area contributed by atoms with Crippen LogP contribution in [0.2, 0.25) is 0 Å². The number of hydrogen-bond donors (Lipinski definition) is 1. The van der Waals surface area contributed by atoms with E-state index in [2.05, 4.69) is 13.0 Å². The average Bonchev–Trinajstić information content (AvgIpc) is 2.56. The molecule has 2 aromatic rings. The van der Waals surface area contributed by atoms with Gasteiger partial charge in [-0.25, -0.2) is 0 Å². The van der Waals surface area contributed by atoms with Crippen LogP contribution in [-0.4, -0.2) is 5.11 Å². The summed E-state index contributed by atoms with van der Waals surface area (Å²) in [7, 11) is 0. The molecule has 2 nitrogen and oxygen atoms in total. The Hall–Kier alpha value is -1.28. The van der Waals surface area contributed by atoms with Gasteiger partial charge in [0.05, 0.1) is 0 Å². The molecule has 0 bridgehead atoms. The summed E-state index contributed by atoms with van der Waals surface area (Å²) in [4.78, 5) is 0. The van der Waals surface area contributed by atoms with Gasteiger partial charge in [-0.05, 0) is 38.0 Å². The second-order valence-corrected chi connectivity index (χ2v) is 3.75. The molecular formula is C12H14O2. The summed E-state index contributed by atoms with van der Waals surface area (Å²) in [6.45, 7) is 5.80. The van der Waals surface area contributed by atoms with Gasteiger partial charge in [-0.1, -0.05) is 12.1 Å². The Labute approximate surface area is 83.2 Å². The van der Waals surface area contributed by atoms with Crippen molar-refractivity contribution in [2.75, 3.05) is 0 Å². The van der Waals surface area contributed by atoms with Crippen LogP contribution in [0.5, 0.6) is 0 Å². The van der Waals surface area contributed by atoms with Crippen molar-refractivity contribution in [3.8, 4) is 0 Å². The minimum absolute atomic E-state index is 0.540. The maximum atomic E-state index is 9.39. The van der Waals surface area contributed by atoms with Crippen molar-refractivity contribution in [2.45, 2.75) is 26.9 Å². The average molecular weight is 190 g/mol. The fourth-order valence-electron chi connectivity index (χ4n) is 1.57. The lowest BCUT2D eigenvalue weighted by Gasteiger charge is -1.99. The van der Waals surface area contributed by atoms with E-state index in [1.165, 1.54) is 5.56 Å². The highest BCUT2D eigenvalue weighted by molar-refractivity contribution is 5.82. The van der Waals surface area contributed by atoms with Crippen LogP contribution in [0, 0.1) is 13.8 Å². The number of aliphatic hydroxyl groups excluding tert-OH is 1. The fourth-order valence-corrected chi connectivity index (χ4v) is 1.57. The van der Waals surface area contributed by atoms with Gasteiger partial charge in [-0.2, -0.15) is 0 Å². The lowest BCUT2D eigenvalue weighted by molar-refractivity contribution is 0.172. The molecule has 2 rings (SSSR count). The highest BCUT2D eigenvalue weighted by Gasteiger charge is 2.10. The van der Waals surface area contributed by atoms with E-state index in [4.69, 9.17) is 4.42 Å². The van der Waals surface area contributed by atoms with Crippen LogP contribution in [0.1, 0.15) is 29.9 Å². The molecule has 14 heavy (non-hydrogen) atoms. The topological polar surface area (TPSA) is 33.4 Å². The second kappa shape index (κ2) is 3.14. The first-order chi connectivity index (χ1) is 6.59. The molecule has 0 aliphatic heterocycles. The lowest BCUT2D eigenvalue weighted by atomic mass is 10.1. The molecule has 0 aliphatic carbocycles. The molecule has 0 radical (unpaired) electrons. The summed E-state index contributed by atoms with van der Waals surface area (Å²) < 4.78 is 5.59. The van der Waals surface area contributed by atoms with Crippen molar-refractivity contribution in [3.63, 3.8) is 0 Å². The Balaban J connectivity index is 2.71. The molecule has 0 amide bonds. The number of aliphatic hydroxyl groups is 1. The van der Waals surface area contributed by atoms with Crippen LogP contribution >= 0.6 is 0 Å². The number of rotatable bonds is 1. The van der Waals surface area contributed by atoms with Crippen LogP contribution in [0.15, 0.2) is 22.6 Å². The Morgan fingerprint density at radius 1 is 1.29 bits per heavy atom. The van der Waals surface area contributed by atoms with Crippen LogP contribution in [0.25, 0.3) is 11.0 Å². The molecule has 2 heteroatoms. The normalized spacial score (nSPS) is 13.4. The predicted octanol–water partition coefficient (Wildman–Crippen LogP) is 3.10. The van der Waals surface area contributed by atoms with Gasteiger partial charge in [0.15, 0.2) is 0 Å². The molecular weight excluding hydrogens is 176 g/mol. The van der Waals surface area contributed by atoms with Crippen LogP contribution in [0.4, 0.5) is 0 Å². The van der Waals surface area contributed by atoms with Crippen LogP contribution in [-0.2, 0) is 0 Å². The highest BCUT2D eigenvalue weighted by Crippen LogP contribution is 2.27. The van der Waals surface area contributed by atoms with E-state index in [9.17, 15) is 5.11 Å². The van der Waals surface area contributed by atoms with E-state index >= 15 is 0 Å². The van der Waals surface area contributed by atoms with E-state index in [0.29, 0.717) is 5.76 Å². The first kappa shape index (κ1) is 9.28. The van der Waals surface area contributed by atoms with Crippen molar-refractivity contribution in [3.05, 3.63) is 35.1 Å². The maximum absolute atomic E-state index is 9.39. The maximum Gasteiger partial charge on any atom is 0.137 e. The molecule has 0 fully saturated rings. The Morgan fingerprint density at radius 2 is 2.00 bits per heavy atom. The number of hydrogen-bond acceptors (Lipinski definition) is 2. The highest BCUT2D eigenvalue weighted by atomic mass is 16.4. The van der Waals surface area contributed by atoms with Gasteiger partial charge in [-0.15, -0.1) is 0 Å². The SMILES string of the molecule is Cc1ccc2cc(C(C)O)oc2c1C. The number of benzene rings is 1. The van der Waals surface area contributed by atoms with Crippen molar-refractivity contribution in [1.82, 2.24) is 0 Å². The minimum Gasteiger partial charge on any atom is -0.458 e. The van der Waals surface area contributed by atoms with Crippen molar-refractivity contribution >= 4 is 11.0 Å². The van der Waals surface area contributed by atoms with E-state index in [1.807, 2.05) is 19.1 Å². The molecule has 0 aliphatic rings. The number of furan rings is 1. The zero-order valence-corrected chi connectivity index (χ0v) is 8.66. The third-order valence-corrected chi connectivity index (χ3v) is 2.64. The molecule has 1 N–H and O–H groups in total. The Bertz CT molecular complexity index is 466. The van der Waals surface area contributed by atoms with Crippen molar-refractivity contribution < 1.29 is 9.52 Å². The smallest absolute Gasteiger partial charge is 0.137 e. The second-order valence-electron chi connectivity index (χ2n) is 3.75. The predicted molar refractivity (Wildman–Crippen MR) is 56.3 cm³/mol. The molecule has 1 heterocycles. The first-order valence-electron chi connectivity index (χ1n) is 4.77. The molecule has 0 spiro atoms. The van der Waals surface area contributed by atoms with Crippen molar-refractivity contribution in [2.24, 2.45) is 0 Å². The van der Waals surface area contributed by atoms with Crippen LogP contribution < -0.4 is 0 Å². The van der Waals surface area contributed by atoms with Gasteiger partial charge in [0.25, 0.3) is 0 Å². The van der Waals surface area contributed by atoms with Gasteiger partial charge in [-0.3, -0.25) is 0 Å². The van der Waals surface area contributed by atoms with Crippen molar-refractivity contribution in [1.29, 1.82) is 0 Å². The summed E-state index contributed by atoms with van der Waals surface area (Å²) >= 11 is 0. The number of aryl methyl sites for hydroxylation is 2. The monoisotopic (exact) mass is 190 g/mol. The third-order valence-electron chi connectivity index (χ3n) is 2.64. The summed E-state index contributed by atoms with van der Waals surface area (Å²) in [6, 6.07) is 5.98. The van der Waals surface area contributed by atoms with E-state index in [0.717, 1.165) is 16.5 Å². The first-order valence-corrected chi connectivity index (χ1v) is 4.77. The zero-order valence-electron chi connectivity index (χ0n) is 8.66. The summed E-state index contributed by atoms with van der Waals surface area (Å²) in [5.41, 5.74) is 3.25. The third kappa shape index (κ3) is 1.32. The largest absolute Gasteiger partial charge is 0.458 e. The van der Waals surface area contributed by atoms with E-state index in [1.54, 1.807) is 6.92 Å². The molecule has 1 aromatic carbocycles. The van der Waals surface area contributed by atoms with Gasteiger partial charge in [0.1, 0.15) is 17.4 Å². The van der Waals surface area contributed by atoms with Gasteiger partial charge in [0.2, 0.25) is 0 Å². The van der Waals surface area contributed by atoms with Gasteiger partial charge >= 0.3 is 0 Å². The summed E-state index contributed by atoms with van der Waals surface area (Å²) in [5, 5.41) is 10.5. The Morgan fingerprint density at radius 3 is 2.64 bits per heavy atom. The fraction of sp³-hybridized carbons (Fsp3) is 0.333.